The van der Waals surface area contributed by atoms with Crippen LogP contribution >= 0.6 is 0 Å². The molecule has 17 heteroatoms. The molecule has 0 bridgehead atoms. The number of hydrogen-bond acceptors (Lipinski definition) is 8. The van der Waals surface area contributed by atoms with E-state index in [2.05, 4.69) is 20.3 Å². The number of nitrogens with zero attached hydrogens (tertiary/aromatic N) is 4. The van der Waals surface area contributed by atoms with E-state index >= 15 is 0 Å². The molecule has 46 heavy (non-hydrogen) atoms. The van der Waals surface area contributed by atoms with E-state index < -0.39 is 58.2 Å². The molecule has 0 unspecified atom stereocenters. The monoisotopic (exact) mass is 666 g/mol. The van der Waals surface area contributed by atoms with Gasteiger partial charge in [-0.2, -0.15) is 13.2 Å². The van der Waals surface area contributed by atoms with E-state index in [-0.39, 0.29) is 47.9 Å². The van der Waals surface area contributed by atoms with E-state index in [1.807, 2.05) is 4.72 Å². The van der Waals surface area contributed by atoms with Gasteiger partial charge in [0, 0.05) is 42.2 Å². The van der Waals surface area contributed by atoms with Crippen molar-refractivity contribution in [3.8, 4) is 22.9 Å². The Morgan fingerprint density at radius 1 is 1.09 bits per heavy atom. The molecule has 4 aromatic rings. The molecule has 1 saturated heterocycles. The molecule has 1 aliphatic rings. The maximum atomic E-state index is 14.9. The lowest BCUT2D eigenvalue weighted by Crippen LogP contribution is -2.49. The lowest BCUT2D eigenvalue weighted by Gasteiger charge is -2.33. The van der Waals surface area contributed by atoms with Gasteiger partial charge >= 0.3 is 12.3 Å². The Hall–Kier alpha value is -4.80. The summed E-state index contributed by atoms with van der Waals surface area (Å²) in [6, 6.07) is 9.52. The Morgan fingerprint density at radius 2 is 1.85 bits per heavy atom. The molecule has 3 heterocycles. The minimum atomic E-state index is -4.72. The highest BCUT2D eigenvalue weighted by atomic mass is 32.2. The van der Waals surface area contributed by atoms with Crippen LogP contribution < -0.4 is 14.8 Å². The lowest BCUT2D eigenvalue weighted by molar-refractivity contribution is -0.129. The number of aryl methyl sites for hydroxylation is 1. The van der Waals surface area contributed by atoms with Crippen LogP contribution in [0.1, 0.15) is 18.4 Å². The number of aromatic nitrogens is 3. The summed E-state index contributed by atoms with van der Waals surface area (Å²) in [5.41, 5.74) is 0.744. The highest BCUT2D eigenvalue weighted by Crippen LogP contribution is 2.40. The Kier molecular flexibility index (Phi) is 9.14. The molecule has 0 spiro atoms. The quantitative estimate of drug-likeness (QED) is 0.180. The van der Waals surface area contributed by atoms with E-state index in [0.717, 1.165) is 11.0 Å². The standard InChI is InChI=1S/C29H27F5N6O5S/c1-16-4-5-19-20(6-7-22(31)24(19)39-46(43,44)12-9-29(32,33)34)25(16)45-26-21(3-2-10-35-26)23-8-11-36-27(38-23)37-18-13-17(30)14-40(15-18)28(41)42/h2-8,10-11,17-18,39H,9,12-15H2,1H3,(H,41,42)(H,36,37,38)/t17-,18-/m1/s1. The van der Waals surface area contributed by atoms with Crippen molar-refractivity contribution in [3.63, 3.8) is 0 Å². The van der Waals surface area contributed by atoms with E-state index in [0.29, 0.717) is 16.8 Å². The first-order valence-corrected chi connectivity index (χ1v) is 15.5. The van der Waals surface area contributed by atoms with Gasteiger partial charge in [0.15, 0.2) is 0 Å². The van der Waals surface area contributed by atoms with Gasteiger partial charge in [-0.25, -0.2) is 36.9 Å². The number of carboxylic acid groups (broad SMARTS) is 1. The molecule has 1 aliphatic heterocycles. The number of likely N-dealkylation sites (tertiary alicyclic amines) is 1. The summed E-state index contributed by atoms with van der Waals surface area (Å²) in [7, 11) is -4.57. The fourth-order valence-corrected chi connectivity index (χ4v) is 6.10. The third kappa shape index (κ3) is 7.70. The molecule has 2 atom stereocenters. The Balaban J connectivity index is 1.45. The Morgan fingerprint density at radius 3 is 2.59 bits per heavy atom. The van der Waals surface area contributed by atoms with E-state index in [1.165, 1.54) is 30.6 Å². The van der Waals surface area contributed by atoms with E-state index in [4.69, 9.17) is 4.74 Å². The maximum absolute atomic E-state index is 14.9. The van der Waals surface area contributed by atoms with Crippen LogP contribution in [-0.4, -0.2) is 76.7 Å². The lowest BCUT2D eigenvalue weighted by atomic mass is 10.0. The summed E-state index contributed by atoms with van der Waals surface area (Å²) in [5, 5.41) is 12.5. The van der Waals surface area contributed by atoms with Crippen LogP contribution in [0.5, 0.6) is 11.6 Å². The number of benzene rings is 2. The minimum absolute atomic E-state index is 0.0338. The predicted molar refractivity (Wildman–Crippen MR) is 159 cm³/mol. The van der Waals surface area contributed by atoms with Crippen molar-refractivity contribution in [1.82, 2.24) is 19.9 Å². The first kappa shape index (κ1) is 32.6. The third-order valence-electron chi connectivity index (χ3n) is 7.11. The molecule has 244 valence electrons. The molecular formula is C29H27F5N6O5S. The number of ether oxygens (including phenoxy) is 1. The van der Waals surface area contributed by atoms with Gasteiger partial charge < -0.3 is 20.1 Å². The predicted octanol–water partition coefficient (Wildman–Crippen LogP) is 6.13. The number of nitrogens with one attached hydrogen (secondary N) is 2. The SMILES string of the molecule is Cc1ccc2c(NS(=O)(=O)CCC(F)(F)F)c(F)ccc2c1Oc1ncccc1-c1ccnc(N[C@@H]2C[C@@H](F)CN(C(=O)O)C2)n1. The van der Waals surface area contributed by atoms with Crippen LogP contribution in [0, 0.1) is 12.7 Å². The van der Waals surface area contributed by atoms with Gasteiger partial charge in [0.1, 0.15) is 17.7 Å². The van der Waals surface area contributed by atoms with Crippen LogP contribution in [0.25, 0.3) is 22.0 Å². The topological polar surface area (TPSA) is 147 Å². The van der Waals surface area contributed by atoms with Crippen molar-refractivity contribution in [1.29, 1.82) is 0 Å². The van der Waals surface area contributed by atoms with E-state index in [9.17, 15) is 40.3 Å². The van der Waals surface area contributed by atoms with E-state index in [1.54, 1.807) is 25.1 Å². The van der Waals surface area contributed by atoms with Crippen LogP contribution in [-0.2, 0) is 10.0 Å². The number of carbonyl (C=O) groups is 1. The smallest absolute Gasteiger partial charge is 0.407 e. The highest BCUT2D eigenvalue weighted by molar-refractivity contribution is 7.92. The summed E-state index contributed by atoms with van der Waals surface area (Å²) in [5.74, 6) is -1.96. The van der Waals surface area contributed by atoms with Gasteiger partial charge in [-0.05, 0) is 42.8 Å². The van der Waals surface area contributed by atoms with Crippen LogP contribution in [0.2, 0.25) is 0 Å². The number of sulfonamides is 1. The van der Waals surface area contributed by atoms with Gasteiger partial charge in [0.2, 0.25) is 21.9 Å². The minimum Gasteiger partial charge on any atom is -0.465 e. The maximum Gasteiger partial charge on any atom is 0.407 e. The first-order valence-electron chi connectivity index (χ1n) is 13.8. The molecule has 1 fully saturated rings. The molecule has 0 radical (unpaired) electrons. The zero-order valence-corrected chi connectivity index (χ0v) is 24.9. The van der Waals surface area contributed by atoms with Gasteiger partial charge in [-0.1, -0.05) is 12.1 Å². The van der Waals surface area contributed by atoms with Crippen LogP contribution in [0.3, 0.4) is 0 Å². The van der Waals surface area contributed by atoms with Crippen molar-refractivity contribution in [3.05, 3.63) is 66.2 Å². The Labute approximate surface area is 259 Å². The number of piperidine rings is 1. The number of amides is 1. The number of halogens is 5. The number of rotatable bonds is 9. The summed E-state index contributed by atoms with van der Waals surface area (Å²) in [4.78, 5) is 25.3. The second-order valence-corrected chi connectivity index (χ2v) is 12.4. The normalized spacial score (nSPS) is 17.1. The third-order valence-corrected chi connectivity index (χ3v) is 8.37. The molecule has 0 saturated carbocycles. The fraction of sp³-hybridized carbons (Fsp3) is 0.310. The second-order valence-electron chi connectivity index (χ2n) is 10.6. The van der Waals surface area contributed by atoms with Crippen molar-refractivity contribution in [2.24, 2.45) is 0 Å². The van der Waals surface area contributed by atoms with Crippen molar-refractivity contribution >= 4 is 38.5 Å². The number of anilines is 2. The summed E-state index contributed by atoms with van der Waals surface area (Å²) >= 11 is 0. The van der Waals surface area contributed by atoms with Gasteiger partial charge in [-0.15, -0.1) is 0 Å². The van der Waals surface area contributed by atoms with Crippen molar-refractivity contribution in [2.45, 2.75) is 38.2 Å². The zero-order valence-electron chi connectivity index (χ0n) is 24.1. The number of alkyl halides is 4. The summed E-state index contributed by atoms with van der Waals surface area (Å²) in [6.45, 7) is 1.49. The number of fused-ring (bicyclic) bond motifs is 1. The van der Waals surface area contributed by atoms with Crippen LogP contribution in [0.15, 0.2) is 54.9 Å². The summed E-state index contributed by atoms with van der Waals surface area (Å²) in [6.07, 6.45) is -5.99. The molecule has 1 amide bonds. The molecule has 3 N–H and O–H groups in total. The summed E-state index contributed by atoms with van der Waals surface area (Å²) < 4.78 is 100. The molecule has 2 aromatic heterocycles. The van der Waals surface area contributed by atoms with Crippen molar-refractivity contribution < 1.29 is 45.0 Å². The van der Waals surface area contributed by atoms with Crippen LogP contribution in [0.4, 0.5) is 38.4 Å². The molecular weight excluding hydrogens is 639 g/mol. The number of hydrogen-bond donors (Lipinski definition) is 3. The molecule has 2 aromatic carbocycles. The molecule has 5 rings (SSSR count). The van der Waals surface area contributed by atoms with Gasteiger partial charge in [0.25, 0.3) is 0 Å². The zero-order chi connectivity index (χ0) is 33.2. The first-order chi connectivity index (χ1) is 21.7. The van der Waals surface area contributed by atoms with Gasteiger partial charge in [-0.3, -0.25) is 4.72 Å². The van der Waals surface area contributed by atoms with Crippen molar-refractivity contribution in [2.75, 3.05) is 28.9 Å². The molecule has 0 aliphatic carbocycles. The number of pyridine rings is 1. The fourth-order valence-electron chi connectivity index (χ4n) is 4.98. The Bertz CT molecular complexity index is 1880. The van der Waals surface area contributed by atoms with Gasteiger partial charge in [0.05, 0.1) is 35.7 Å². The average Bonchev–Trinajstić information content (AvgIpc) is 2.99. The molecule has 11 nitrogen and oxygen atoms in total. The average molecular weight is 667 g/mol. The second kappa shape index (κ2) is 12.9. The largest absolute Gasteiger partial charge is 0.465 e. The highest BCUT2D eigenvalue weighted by Gasteiger charge is 2.31.